The number of carbonyl (C=O) groups is 1. The first-order valence-corrected chi connectivity index (χ1v) is 6.79. The van der Waals surface area contributed by atoms with Gasteiger partial charge in [0, 0.05) is 18.6 Å². The average Bonchev–Trinajstić information content (AvgIpc) is 2.46. The molecule has 0 N–H and O–H groups in total. The zero-order valence-electron chi connectivity index (χ0n) is 11.6. The van der Waals surface area contributed by atoms with Gasteiger partial charge >= 0.3 is 0 Å². The third kappa shape index (κ3) is 4.76. The monoisotopic (exact) mass is 307 g/mol. The Labute approximate surface area is 127 Å². The molecular weight excluding hydrogens is 293 g/mol. The van der Waals surface area contributed by atoms with Gasteiger partial charge in [0.2, 0.25) is 0 Å². The van der Waals surface area contributed by atoms with Crippen molar-refractivity contribution < 1.29 is 13.9 Å². The molecule has 2 aromatic rings. The van der Waals surface area contributed by atoms with Crippen LogP contribution in [0.4, 0.5) is 4.39 Å². The third-order valence-electron chi connectivity index (χ3n) is 2.91. The summed E-state index contributed by atoms with van der Waals surface area (Å²) in [4.78, 5) is 13.5. The molecule has 2 rings (SSSR count). The molecule has 1 amide bonds. The summed E-state index contributed by atoms with van der Waals surface area (Å²) in [5, 5.41) is 0.635. The van der Waals surface area contributed by atoms with E-state index in [-0.39, 0.29) is 18.3 Å². The van der Waals surface area contributed by atoms with Crippen molar-refractivity contribution in [3.8, 4) is 5.75 Å². The first-order chi connectivity index (χ1) is 10.0. The molecule has 0 spiro atoms. The van der Waals surface area contributed by atoms with Crippen molar-refractivity contribution in [3.63, 3.8) is 0 Å². The summed E-state index contributed by atoms with van der Waals surface area (Å²) in [7, 11) is 1.69. The Morgan fingerprint density at radius 2 is 1.95 bits per heavy atom. The summed E-state index contributed by atoms with van der Waals surface area (Å²) in [5.41, 5.74) is 0.945. The fourth-order valence-electron chi connectivity index (χ4n) is 1.78. The average molecular weight is 308 g/mol. The van der Waals surface area contributed by atoms with Crippen LogP contribution in [0.15, 0.2) is 48.5 Å². The van der Waals surface area contributed by atoms with Gasteiger partial charge < -0.3 is 9.64 Å². The Morgan fingerprint density at radius 1 is 1.24 bits per heavy atom. The van der Waals surface area contributed by atoms with E-state index in [1.54, 1.807) is 18.0 Å². The fourth-order valence-corrected chi connectivity index (χ4v) is 2.00. The molecule has 5 heteroatoms. The van der Waals surface area contributed by atoms with Gasteiger partial charge in [0.05, 0.1) is 0 Å². The molecule has 0 fully saturated rings. The first-order valence-electron chi connectivity index (χ1n) is 6.41. The molecule has 2 aromatic carbocycles. The van der Waals surface area contributed by atoms with Crippen LogP contribution in [-0.2, 0) is 11.3 Å². The minimum atomic E-state index is -0.341. The maximum atomic E-state index is 12.7. The third-order valence-corrected chi connectivity index (χ3v) is 3.15. The van der Waals surface area contributed by atoms with Crippen LogP contribution in [0, 0.1) is 5.82 Å². The van der Waals surface area contributed by atoms with Crippen LogP contribution in [-0.4, -0.2) is 24.5 Å². The number of hydrogen-bond acceptors (Lipinski definition) is 2. The van der Waals surface area contributed by atoms with Gasteiger partial charge in [0.25, 0.3) is 5.91 Å². The minimum Gasteiger partial charge on any atom is -0.484 e. The Balaban J connectivity index is 1.86. The highest BCUT2D eigenvalue weighted by Gasteiger charge is 2.10. The number of rotatable bonds is 5. The lowest BCUT2D eigenvalue weighted by Gasteiger charge is -2.17. The van der Waals surface area contributed by atoms with Crippen molar-refractivity contribution in [3.05, 3.63) is 64.9 Å². The van der Waals surface area contributed by atoms with E-state index >= 15 is 0 Å². The molecule has 0 saturated heterocycles. The number of carbonyl (C=O) groups excluding carboxylic acids is 1. The molecule has 0 bridgehead atoms. The molecule has 0 saturated carbocycles. The van der Waals surface area contributed by atoms with Gasteiger partial charge in [-0.05, 0) is 42.0 Å². The van der Waals surface area contributed by atoms with Crippen LogP contribution in [0.25, 0.3) is 0 Å². The molecule has 3 nitrogen and oxygen atoms in total. The van der Waals surface area contributed by atoms with Gasteiger partial charge in [-0.1, -0.05) is 23.7 Å². The Bertz CT molecular complexity index is 616. The van der Waals surface area contributed by atoms with E-state index in [9.17, 15) is 9.18 Å². The molecular formula is C16H15ClFNO2. The maximum absolute atomic E-state index is 12.7. The Kier molecular flexibility index (Phi) is 5.17. The highest BCUT2D eigenvalue weighted by molar-refractivity contribution is 6.30. The summed E-state index contributed by atoms with van der Waals surface area (Å²) in [5.74, 6) is -0.0491. The van der Waals surface area contributed by atoms with Crippen molar-refractivity contribution >= 4 is 17.5 Å². The number of nitrogens with zero attached hydrogens (tertiary/aromatic N) is 1. The van der Waals surface area contributed by atoms with Gasteiger partial charge in [0.15, 0.2) is 6.61 Å². The van der Waals surface area contributed by atoms with E-state index in [4.69, 9.17) is 16.3 Å². The molecule has 0 unspecified atom stereocenters. The lowest BCUT2D eigenvalue weighted by atomic mass is 10.2. The summed E-state index contributed by atoms with van der Waals surface area (Å²) in [6.45, 7) is 0.356. The van der Waals surface area contributed by atoms with Crippen molar-refractivity contribution in [1.82, 2.24) is 4.90 Å². The SMILES string of the molecule is CN(Cc1cccc(Cl)c1)C(=O)COc1ccc(F)cc1. The summed E-state index contributed by atoms with van der Waals surface area (Å²) in [6.07, 6.45) is 0. The molecule has 0 radical (unpaired) electrons. The van der Waals surface area contributed by atoms with Gasteiger partial charge in [-0.3, -0.25) is 4.79 Å². The minimum absolute atomic E-state index is 0.0945. The van der Waals surface area contributed by atoms with E-state index in [2.05, 4.69) is 0 Å². The lowest BCUT2D eigenvalue weighted by Crippen LogP contribution is -2.30. The second kappa shape index (κ2) is 7.09. The molecule has 0 heterocycles. The zero-order chi connectivity index (χ0) is 15.2. The molecule has 0 aliphatic carbocycles. The van der Waals surface area contributed by atoms with E-state index in [1.807, 2.05) is 18.2 Å². The highest BCUT2D eigenvalue weighted by atomic mass is 35.5. The van der Waals surface area contributed by atoms with Crippen LogP contribution >= 0.6 is 11.6 Å². The van der Waals surface area contributed by atoms with Crippen molar-refractivity contribution in [2.45, 2.75) is 6.54 Å². The van der Waals surface area contributed by atoms with Gasteiger partial charge in [0.1, 0.15) is 11.6 Å². The van der Waals surface area contributed by atoms with Crippen molar-refractivity contribution in [1.29, 1.82) is 0 Å². The Morgan fingerprint density at radius 3 is 2.62 bits per heavy atom. The summed E-state index contributed by atoms with van der Waals surface area (Å²) in [6, 6.07) is 12.9. The van der Waals surface area contributed by atoms with E-state index in [1.165, 1.54) is 24.3 Å². The van der Waals surface area contributed by atoms with E-state index in [0.29, 0.717) is 17.3 Å². The largest absolute Gasteiger partial charge is 0.484 e. The second-order valence-electron chi connectivity index (χ2n) is 4.62. The van der Waals surface area contributed by atoms with Gasteiger partial charge in [-0.25, -0.2) is 4.39 Å². The number of hydrogen-bond donors (Lipinski definition) is 0. The molecule has 0 aromatic heterocycles. The van der Waals surface area contributed by atoms with E-state index < -0.39 is 0 Å². The summed E-state index contributed by atoms with van der Waals surface area (Å²) < 4.78 is 18.1. The topological polar surface area (TPSA) is 29.5 Å². The predicted molar refractivity (Wildman–Crippen MR) is 79.8 cm³/mol. The van der Waals surface area contributed by atoms with Crippen LogP contribution in [0.5, 0.6) is 5.75 Å². The van der Waals surface area contributed by atoms with Crippen molar-refractivity contribution in [2.24, 2.45) is 0 Å². The van der Waals surface area contributed by atoms with Crippen LogP contribution in [0.3, 0.4) is 0 Å². The number of amides is 1. The predicted octanol–water partition coefficient (Wildman–Crippen LogP) is 3.52. The first kappa shape index (κ1) is 15.3. The number of halogens is 2. The standard InChI is InChI=1S/C16H15ClFNO2/c1-19(10-12-3-2-4-13(17)9-12)16(20)11-21-15-7-5-14(18)6-8-15/h2-9H,10-11H2,1H3. The smallest absolute Gasteiger partial charge is 0.260 e. The van der Waals surface area contributed by atoms with Gasteiger partial charge in [-0.15, -0.1) is 0 Å². The lowest BCUT2D eigenvalue weighted by molar-refractivity contribution is -0.132. The number of benzene rings is 2. The van der Waals surface area contributed by atoms with E-state index in [0.717, 1.165) is 5.56 Å². The molecule has 0 aliphatic heterocycles. The fraction of sp³-hybridized carbons (Fsp3) is 0.188. The molecule has 0 atom stereocenters. The molecule has 110 valence electrons. The van der Waals surface area contributed by atoms with Gasteiger partial charge in [-0.2, -0.15) is 0 Å². The summed E-state index contributed by atoms with van der Waals surface area (Å²) >= 11 is 5.90. The van der Waals surface area contributed by atoms with Crippen molar-refractivity contribution in [2.75, 3.05) is 13.7 Å². The zero-order valence-corrected chi connectivity index (χ0v) is 12.3. The quantitative estimate of drug-likeness (QED) is 0.846. The maximum Gasteiger partial charge on any atom is 0.260 e. The highest BCUT2D eigenvalue weighted by Crippen LogP contribution is 2.13. The number of likely N-dealkylation sites (N-methyl/N-ethyl adjacent to an activating group) is 1. The van der Waals surface area contributed by atoms with Crippen LogP contribution in [0.1, 0.15) is 5.56 Å². The molecule has 0 aliphatic rings. The van der Waals surface area contributed by atoms with Crippen LogP contribution in [0.2, 0.25) is 5.02 Å². The normalized spacial score (nSPS) is 10.2. The number of ether oxygens (including phenoxy) is 1. The van der Waals surface area contributed by atoms with Crippen LogP contribution < -0.4 is 4.74 Å². The second-order valence-corrected chi connectivity index (χ2v) is 5.06. The molecule has 21 heavy (non-hydrogen) atoms. The Hall–Kier alpha value is -2.07.